The number of hydrogen-bond donors (Lipinski definition) is 2. The van der Waals surface area contributed by atoms with E-state index >= 15 is 0 Å². The fraction of sp³-hybridized carbons (Fsp3) is 0.125. The van der Waals surface area contributed by atoms with Crippen LogP contribution < -0.4 is 5.32 Å². The van der Waals surface area contributed by atoms with Gasteiger partial charge in [0, 0.05) is 23.2 Å². The molecule has 0 aliphatic rings. The lowest BCUT2D eigenvalue weighted by molar-refractivity contribution is 0.162. The lowest BCUT2D eigenvalue weighted by Gasteiger charge is -2.14. The number of anilines is 1. The Balaban J connectivity index is 1.95. The molecule has 110 valence electrons. The van der Waals surface area contributed by atoms with Crippen LogP contribution in [-0.2, 0) is 0 Å². The van der Waals surface area contributed by atoms with Gasteiger partial charge in [-0.3, -0.25) is 4.98 Å². The van der Waals surface area contributed by atoms with Gasteiger partial charge in [-0.25, -0.2) is 0 Å². The SMILES string of the molecule is N#Cc1cnc2ccc(Cl)cc2c1NCC(O)c1ccco1. The van der Waals surface area contributed by atoms with Gasteiger partial charge in [0.25, 0.3) is 0 Å². The van der Waals surface area contributed by atoms with Gasteiger partial charge in [-0.2, -0.15) is 5.26 Å². The predicted molar refractivity (Wildman–Crippen MR) is 83.6 cm³/mol. The maximum atomic E-state index is 10.1. The van der Waals surface area contributed by atoms with Crippen LogP contribution in [0.4, 0.5) is 5.69 Å². The van der Waals surface area contributed by atoms with E-state index in [9.17, 15) is 10.4 Å². The average molecular weight is 314 g/mol. The Bertz CT molecular complexity index is 840. The van der Waals surface area contributed by atoms with E-state index in [0.717, 1.165) is 10.9 Å². The minimum atomic E-state index is -0.816. The zero-order chi connectivity index (χ0) is 15.5. The first-order valence-electron chi connectivity index (χ1n) is 6.62. The Morgan fingerprint density at radius 3 is 3.00 bits per heavy atom. The van der Waals surface area contributed by atoms with Crippen molar-refractivity contribution in [2.24, 2.45) is 0 Å². The summed E-state index contributed by atoms with van der Waals surface area (Å²) in [5.74, 6) is 0.461. The van der Waals surface area contributed by atoms with Crippen LogP contribution in [0.1, 0.15) is 17.4 Å². The van der Waals surface area contributed by atoms with Gasteiger partial charge in [0.15, 0.2) is 0 Å². The minimum absolute atomic E-state index is 0.202. The number of nitrogens with zero attached hydrogens (tertiary/aromatic N) is 2. The number of nitrogens with one attached hydrogen (secondary N) is 1. The van der Waals surface area contributed by atoms with Crippen molar-refractivity contribution in [3.63, 3.8) is 0 Å². The highest BCUT2D eigenvalue weighted by atomic mass is 35.5. The molecule has 6 heteroatoms. The fourth-order valence-corrected chi connectivity index (χ4v) is 2.39. The normalized spacial score (nSPS) is 12.0. The standard InChI is InChI=1S/C16H12ClN3O2/c17-11-3-4-13-12(6-11)16(10(7-18)8-19-13)20-9-14(21)15-2-1-5-22-15/h1-6,8,14,21H,9H2,(H,19,20). The van der Waals surface area contributed by atoms with E-state index in [1.54, 1.807) is 30.3 Å². The number of aromatic nitrogens is 1. The molecular weight excluding hydrogens is 302 g/mol. The lowest BCUT2D eigenvalue weighted by Crippen LogP contribution is -2.12. The molecule has 0 aliphatic heterocycles. The summed E-state index contributed by atoms with van der Waals surface area (Å²) in [5, 5.41) is 23.7. The van der Waals surface area contributed by atoms with E-state index in [1.807, 2.05) is 0 Å². The molecule has 0 saturated carbocycles. The maximum absolute atomic E-state index is 10.1. The van der Waals surface area contributed by atoms with E-state index in [4.69, 9.17) is 16.0 Å². The van der Waals surface area contributed by atoms with Crippen molar-refractivity contribution in [1.29, 1.82) is 5.26 Å². The first-order valence-corrected chi connectivity index (χ1v) is 7.00. The van der Waals surface area contributed by atoms with Crippen LogP contribution in [0.2, 0.25) is 5.02 Å². The number of aliphatic hydroxyl groups excluding tert-OH is 1. The Labute approximate surface area is 131 Å². The van der Waals surface area contributed by atoms with Crippen LogP contribution in [0, 0.1) is 11.3 Å². The molecule has 0 bridgehead atoms. The van der Waals surface area contributed by atoms with Crippen molar-refractivity contribution >= 4 is 28.2 Å². The highest BCUT2D eigenvalue weighted by molar-refractivity contribution is 6.31. The molecule has 0 saturated heterocycles. The van der Waals surface area contributed by atoms with E-state index in [0.29, 0.717) is 22.0 Å². The quantitative estimate of drug-likeness (QED) is 0.770. The number of hydrogen-bond acceptors (Lipinski definition) is 5. The van der Waals surface area contributed by atoms with Crippen molar-refractivity contribution in [1.82, 2.24) is 4.98 Å². The summed E-state index contributed by atoms with van der Waals surface area (Å²) >= 11 is 6.03. The molecule has 0 radical (unpaired) electrons. The average Bonchev–Trinajstić information content (AvgIpc) is 3.06. The van der Waals surface area contributed by atoms with Crippen LogP contribution in [0.3, 0.4) is 0 Å². The van der Waals surface area contributed by atoms with Crippen LogP contribution in [0.25, 0.3) is 10.9 Å². The molecule has 2 N–H and O–H groups in total. The Hall–Kier alpha value is -2.55. The summed E-state index contributed by atoms with van der Waals surface area (Å²) in [7, 11) is 0. The zero-order valence-corrected chi connectivity index (χ0v) is 12.2. The van der Waals surface area contributed by atoms with E-state index in [1.165, 1.54) is 12.5 Å². The minimum Gasteiger partial charge on any atom is -0.467 e. The number of fused-ring (bicyclic) bond motifs is 1. The van der Waals surface area contributed by atoms with Gasteiger partial charge in [0.05, 0.1) is 23.0 Å². The van der Waals surface area contributed by atoms with Crippen molar-refractivity contribution in [3.8, 4) is 6.07 Å². The molecule has 0 aliphatic carbocycles. The van der Waals surface area contributed by atoms with E-state index < -0.39 is 6.10 Å². The van der Waals surface area contributed by atoms with Crippen LogP contribution in [0.15, 0.2) is 47.2 Å². The molecule has 1 unspecified atom stereocenters. The summed E-state index contributed by atoms with van der Waals surface area (Å²) in [6.45, 7) is 0.202. The molecule has 5 nitrogen and oxygen atoms in total. The second-order valence-corrected chi connectivity index (χ2v) is 5.17. The topological polar surface area (TPSA) is 82.1 Å². The summed E-state index contributed by atoms with van der Waals surface area (Å²) in [6.07, 6.45) is 2.18. The van der Waals surface area contributed by atoms with Gasteiger partial charge in [0.1, 0.15) is 17.9 Å². The molecule has 0 spiro atoms. The highest BCUT2D eigenvalue weighted by Gasteiger charge is 2.14. The summed E-state index contributed by atoms with van der Waals surface area (Å²) in [5.41, 5.74) is 1.71. The monoisotopic (exact) mass is 313 g/mol. The molecule has 0 fully saturated rings. The number of pyridine rings is 1. The molecule has 3 rings (SSSR count). The Kier molecular flexibility index (Phi) is 3.96. The number of aliphatic hydroxyl groups is 1. The Morgan fingerprint density at radius 2 is 2.27 bits per heavy atom. The molecule has 2 aromatic heterocycles. The molecule has 3 aromatic rings. The first-order chi connectivity index (χ1) is 10.7. The third-order valence-electron chi connectivity index (χ3n) is 3.29. The number of rotatable bonds is 4. The van der Waals surface area contributed by atoms with Gasteiger partial charge in [-0.15, -0.1) is 0 Å². The lowest BCUT2D eigenvalue weighted by atomic mass is 10.1. The predicted octanol–water partition coefficient (Wildman–Crippen LogP) is 3.50. The fourth-order valence-electron chi connectivity index (χ4n) is 2.22. The largest absolute Gasteiger partial charge is 0.467 e. The van der Waals surface area contributed by atoms with E-state index in [-0.39, 0.29) is 6.54 Å². The third kappa shape index (κ3) is 2.75. The Morgan fingerprint density at radius 1 is 1.41 bits per heavy atom. The van der Waals surface area contributed by atoms with Crippen molar-refractivity contribution < 1.29 is 9.52 Å². The number of furan rings is 1. The molecule has 2 heterocycles. The summed E-state index contributed by atoms with van der Waals surface area (Å²) in [4.78, 5) is 4.23. The van der Waals surface area contributed by atoms with Gasteiger partial charge >= 0.3 is 0 Å². The second kappa shape index (κ2) is 6.06. The summed E-state index contributed by atoms with van der Waals surface area (Å²) in [6, 6.07) is 10.8. The van der Waals surface area contributed by atoms with E-state index in [2.05, 4.69) is 16.4 Å². The molecule has 1 aromatic carbocycles. The van der Waals surface area contributed by atoms with Gasteiger partial charge in [-0.1, -0.05) is 11.6 Å². The molecular formula is C16H12ClN3O2. The van der Waals surface area contributed by atoms with Crippen molar-refractivity contribution in [2.75, 3.05) is 11.9 Å². The van der Waals surface area contributed by atoms with Gasteiger partial charge < -0.3 is 14.8 Å². The summed E-state index contributed by atoms with van der Waals surface area (Å²) < 4.78 is 5.16. The number of benzene rings is 1. The van der Waals surface area contributed by atoms with Gasteiger partial charge in [0.2, 0.25) is 0 Å². The van der Waals surface area contributed by atoms with Crippen LogP contribution in [0.5, 0.6) is 0 Å². The van der Waals surface area contributed by atoms with Crippen LogP contribution in [-0.4, -0.2) is 16.6 Å². The highest BCUT2D eigenvalue weighted by Crippen LogP contribution is 2.28. The van der Waals surface area contributed by atoms with Gasteiger partial charge in [-0.05, 0) is 30.3 Å². The molecule has 1 atom stereocenters. The van der Waals surface area contributed by atoms with Crippen LogP contribution >= 0.6 is 11.6 Å². The molecule has 0 amide bonds. The second-order valence-electron chi connectivity index (χ2n) is 4.73. The smallest absolute Gasteiger partial charge is 0.134 e. The number of halogens is 1. The zero-order valence-electron chi connectivity index (χ0n) is 11.5. The third-order valence-corrected chi connectivity index (χ3v) is 3.53. The number of nitriles is 1. The molecule has 22 heavy (non-hydrogen) atoms. The maximum Gasteiger partial charge on any atom is 0.134 e. The van der Waals surface area contributed by atoms with Crippen molar-refractivity contribution in [3.05, 3.63) is 59.1 Å². The van der Waals surface area contributed by atoms with Crippen molar-refractivity contribution in [2.45, 2.75) is 6.10 Å². The first kappa shape index (κ1) is 14.4.